The van der Waals surface area contributed by atoms with E-state index in [4.69, 9.17) is 9.47 Å². The number of esters is 1. The summed E-state index contributed by atoms with van der Waals surface area (Å²) in [5.41, 5.74) is 2.07. The van der Waals surface area contributed by atoms with Crippen LogP contribution < -0.4 is 10.1 Å². The summed E-state index contributed by atoms with van der Waals surface area (Å²) >= 11 is 0. The molecule has 27 heavy (non-hydrogen) atoms. The first-order valence-electron chi connectivity index (χ1n) is 8.50. The molecule has 7 nitrogen and oxygen atoms in total. The Morgan fingerprint density at radius 2 is 1.81 bits per heavy atom. The number of benzene rings is 2. The molecule has 140 valence electrons. The third-order valence-corrected chi connectivity index (χ3v) is 4.29. The Bertz CT molecular complexity index is 963. The highest BCUT2D eigenvalue weighted by molar-refractivity contribution is 5.94. The highest BCUT2D eigenvalue weighted by Gasteiger charge is 2.20. The van der Waals surface area contributed by atoms with Crippen molar-refractivity contribution >= 4 is 22.9 Å². The maximum atomic E-state index is 12.6. The SMILES string of the molecule is COC(=O)Cn1c(C(C)NC(=O)c2ccc(OC)cc2)nc2ccccc21. The molecule has 0 aliphatic carbocycles. The van der Waals surface area contributed by atoms with Gasteiger partial charge < -0.3 is 19.4 Å². The minimum absolute atomic E-state index is 0.0229. The summed E-state index contributed by atoms with van der Waals surface area (Å²) in [4.78, 5) is 29.0. The Morgan fingerprint density at radius 1 is 1.11 bits per heavy atom. The van der Waals surface area contributed by atoms with Crippen molar-refractivity contribution in [1.29, 1.82) is 0 Å². The molecule has 0 saturated heterocycles. The van der Waals surface area contributed by atoms with E-state index in [1.807, 2.05) is 31.2 Å². The van der Waals surface area contributed by atoms with Crippen molar-refractivity contribution in [3.63, 3.8) is 0 Å². The number of hydrogen-bond donors (Lipinski definition) is 1. The molecule has 0 radical (unpaired) electrons. The van der Waals surface area contributed by atoms with Crippen LogP contribution in [0.3, 0.4) is 0 Å². The molecular weight excluding hydrogens is 346 g/mol. The zero-order valence-electron chi connectivity index (χ0n) is 15.4. The van der Waals surface area contributed by atoms with Gasteiger partial charge in [0.2, 0.25) is 0 Å². The van der Waals surface area contributed by atoms with E-state index in [1.165, 1.54) is 7.11 Å². The Morgan fingerprint density at radius 3 is 2.48 bits per heavy atom. The van der Waals surface area contributed by atoms with Gasteiger partial charge >= 0.3 is 5.97 Å². The van der Waals surface area contributed by atoms with Crippen molar-refractivity contribution in [3.05, 3.63) is 59.9 Å². The normalized spacial score (nSPS) is 11.8. The molecule has 0 bridgehead atoms. The van der Waals surface area contributed by atoms with E-state index >= 15 is 0 Å². The summed E-state index contributed by atoms with van der Waals surface area (Å²) in [5, 5.41) is 2.93. The fourth-order valence-electron chi connectivity index (χ4n) is 2.87. The van der Waals surface area contributed by atoms with Gasteiger partial charge in [-0.3, -0.25) is 9.59 Å². The number of fused-ring (bicyclic) bond motifs is 1. The van der Waals surface area contributed by atoms with E-state index in [2.05, 4.69) is 10.3 Å². The molecule has 0 spiro atoms. The van der Waals surface area contributed by atoms with Crippen LogP contribution in [-0.2, 0) is 16.1 Å². The molecule has 1 N–H and O–H groups in total. The van der Waals surface area contributed by atoms with Gasteiger partial charge in [0.25, 0.3) is 5.91 Å². The Kier molecular flexibility index (Phi) is 5.40. The summed E-state index contributed by atoms with van der Waals surface area (Å²) in [5.74, 6) is 0.651. The number of hydrogen-bond acceptors (Lipinski definition) is 5. The van der Waals surface area contributed by atoms with Crippen molar-refractivity contribution in [2.24, 2.45) is 0 Å². The van der Waals surface area contributed by atoms with Crippen LogP contribution in [-0.4, -0.2) is 35.6 Å². The summed E-state index contributed by atoms with van der Waals surface area (Å²) in [6.07, 6.45) is 0. The number of carbonyl (C=O) groups is 2. The van der Waals surface area contributed by atoms with Gasteiger partial charge in [-0.05, 0) is 43.3 Å². The highest BCUT2D eigenvalue weighted by atomic mass is 16.5. The van der Waals surface area contributed by atoms with Crippen molar-refractivity contribution in [2.45, 2.75) is 19.5 Å². The van der Waals surface area contributed by atoms with E-state index in [0.717, 1.165) is 11.0 Å². The lowest BCUT2D eigenvalue weighted by molar-refractivity contribution is -0.141. The van der Waals surface area contributed by atoms with E-state index in [0.29, 0.717) is 17.1 Å². The molecular formula is C20H21N3O4. The number of imidazole rings is 1. The lowest BCUT2D eigenvalue weighted by Crippen LogP contribution is -2.29. The average Bonchev–Trinajstić information content (AvgIpc) is 3.06. The van der Waals surface area contributed by atoms with Gasteiger partial charge in [-0.15, -0.1) is 0 Å². The predicted octanol–water partition coefficient (Wildman–Crippen LogP) is 2.71. The molecule has 1 atom stereocenters. The molecule has 1 amide bonds. The molecule has 0 aliphatic heterocycles. The first kappa shape index (κ1) is 18.4. The summed E-state index contributed by atoms with van der Waals surface area (Å²) in [7, 11) is 2.92. The second-order valence-electron chi connectivity index (χ2n) is 6.04. The number of carbonyl (C=O) groups excluding carboxylic acids is 2. The maximum Gasteiger partial charge on any atom is 0.325 e. The zero-order chi connectivity index (χ0) is 19.4. The van der Waals surface area contributed by atoms with Crippen molar-refractivity contribution in [1.82, 2.24) is 14.9 Å². The zero-order valence-corrected chi connectivity index (χ0v) is 15.4. The highest BCUT2D eigenvalue weighted by Crippen LogP contribution is 2.21. The van der Waals surface area contributed by atoms with Crippen LogP contribution in [0.1, 0.15) is 29.1 Å². The van der Waals surface area contributed by atoms with Crippen LogP contribution in [0, 0.1) is 0 Å². The lowest BCUT2D eigenvalue weighted by Gasteiger charge is -2.16. The van der Waals surface area contributed by atoms with Crippen molar-refractivity contribution in [2.75, 3.05) is 14.2 Å². The van der Waals surface area contributed by atoms with Crippen LogP contribution in [0.25, 0.3) is 11.0 Å². The molecule has 1 unspecified atom stereocenters. The van der Waals surface area contributed by atoms with Crippen molar-refractivity contribution in [3.8, 4) is 5.75 Å². The molecule has 1 heterocycles. The van der Waals surface area contributed by atoms with Crippen molar-refractivity contribution < 1.29 is 19.1 Å². The van der Waals surface area contributed by atoms with E-state index in [-0.39, 0.29) is 18.4 Å². The third-order valence-electron chi connectivity index (χ3n) is 4.29. The minimum Gasteiger partial charge on any atom is -0.497 e. The topological polar surface area (TPSA) is 82.5 Å². The van der Waals surface area contributed by atoms with Crippen LogP contribution in [0.4, 0.5) is 0 Å². The first-order chi connectivity index (χ1) is 13.0. The number of nitrogens with one attached hydrogen (secondary N) is 1. The van der Waals surface area contributed by atoms with Crippen LogP contribution >= 0.6 is 0 Å². The third kappa shape index (κ3) is 3.92. The first-order valence-corrected chi connectivity index (χ1v) is 8.50. The molecule has 0 saturated carbocycles. The number of ether oxygens (including phenoxy) is 2. The number of aromatic nitrogens is 2. The largest absolute Gasteiger partial charge is 0.497 e. The monoisotopic (exact) mass is 367 g/mol. The summed E-state index contributed by atoms with van der Waals surface area (Å²) in [6.45, 7) is 1.85. The number of nitrogens with zero attached hydrogens (tertiary/aromatic N) is 2. The van der Waals surface area contributed by atoms with Gasteiger partial charge in [0.05, 0.1) is 31.3 Å². The van der Waals surface area contributed by atoms with Gasteiger partial charge in [0.1, 0.15) is 18.1 Å². The van der Waals surface area contributed by atoms with E-state index in [9.17, 15) is 9.59 Å². The van der Waals surface area contributed by atoms with Crippen LogP contribution in [0.2, 0.25) is 0 Å². The fraction of sp³-hybridized carbons (Fsp3) is 0.250. The van der Waals surface area contributed by atoms with Crippen LogP contribution in [0.5, 0.6) is 5.75 Å². The predicted molar refractivity (Wildman–Crippen MR) is 101 cm³/mol. The molecule has 1 aromatic heterocycles. The smallest absolute Gasteiger partial charge is 0.325 e. The van der Waals surface area contributed by atoms with Gasteiger partial charge in [-0.1, -0.05) is 12.1 Å². The minimum atomic E-state index is -0.406. The quantitative estimate of drug-likeness (QED) is 0.678. The molecule has 3 rings (SSSR count). The maximum absolute atomic E-state index is 12.6. The van der Waals surface area contributed by atoms with E-state index in [1.54, 1.807) is 35.9 Å². The molecule has 0 fully saturated rings. The summed E-state index contributed by atoms with van der Waals surface area (Å²) in [6, 6.07) is 13.9. The second-order valence-corrected chi connectivity index (χ2v) is 6.04. The van der Waals surface area contributed by atoms with Crippen LogP contribution in [0.15, 0.2) is 48.5 Å². The lowest BCUT2D eigenvalue weighted by atomic mass is 10.2. The Balaban J connectivity index is 1.87. The standard InChI is InChI=1S/C20H21N3O4/c1-13(21-20(25)14-8-10-15(26-2)11-9-14)19-22-16-6-4-5-7-17(16)23(19)12-18(24)27-3/h4-11,13H,12H2,1-3H3,(H,21,25). The van der Waals surface area contributed by atoms with Gasteiger partial charge in [-0.25, -0.2) is 4.98 Å². The fourth-order valence-corrected chi connectivity index (χ4v) is 2.87. The average molecular weight is 367 g/mol. The number of methoxy groups -OCH3 is 2. The number of rotatable bonds is 6. The molecule has 0 aliphatic rings. The molecule has 2 aromatic carbocycles. The number of para-hydroxylation sites is 2. The van der Waals surface area contributed by atoms with Gasteiger partial charge in [0.15, 0.2) is 0 Å². The summed E-state index contributed by atoms with van der Waals surface area (Å²) < 4.78 is 11.7. The van der Waals surface area contributed by atoms with Gasteiger partial charge in [-0.2, -0.15) is 0 Å². The second kappa shape index (κ2) is 7.90. The molecule has 3 aromatic rings. The number of amides is 1. The van der Waals surface area contributed by atoms with E-state index < -0.39 is 6.04 Å². The van der Waals surface area contributed by atoms with Gasteiger partial charge in [0, 0.05) is 5.56 Å². The molecule has 7 heteroatoms. The Labute approximate surface area is 156 Å². The Hall–Kier alpha value is -3.35.